The van der Waals surface area contributed by atoms with Crippen LogP contribution in [-0.4, -0.2) is 19.5 Å². The first-order valence-electron chi connectivity index (χ1n) is 6.85. The molecule has 0 unspecified atom stereocenters. The Morgan fingerprint density at radius 3 is 2.21 bits per heavy atom. The Balaban J connectivity index is 2.83. The van der Waals surface area contributed by atoms with Crippen LogP contribution in [0.25, 0.3) is 0 Å². The molecule has 0 saturated heterocycles. The number of nitrogens with zero attached hydrogens (tertiary/aromatic N) is 1. The molecule has 1 amide bonds. The number of hydrogen-bond donors (Lipinski definition) is 1. The van der Waals surface area contributed by atoms with Gasteiger partial charge in [0.05, 0.1) is 5.41 Å². The molecule has 3 heteroatoms. The summed E-state index contributed by atoms with van der Waals surface area (Å²) in [7, 11) is 1.80. The largest absolute Gasteiger partial charge is 0.329 e. The molecule has 2 N–H and O–H groups in total. The zero-order valence-corrected chi connectivity index (χ0v) is 12.7. The average molecular weight is 262 g/mol. The average Bonchev–Trinajstić information content (AvgIpc) is 2.37. The molecule has 0 spiro atoms. The normalized spacial score (nSPS) is 11.7. The number of benzene rings is 1. The molecule has 0 saturated carbocycles. The summed E-state index contributed by atoms with van der Waals surface area (Å²) in [6.45, 7) is 8.50. The molecule has 1 aromatic rings. The Kier molecular flexibility index (Phi) is 5.12. The van der Waals surface area contributed by atoms with Crippen LogP contribution < -0.4 is 10.6 Å². The van der Waals surface area contributed by atoms with Crippen molar-refractivity contribution in [2.75, 3.05) is 18.5 Å². The van der Waals surface area contributed by atoms with E-state index in [1.807, 2.05) is 26.0 Å². The van der Waals surface area contributed by atoms with Crippen molar-refractivity contribution in [3.63, 3.8) is 0 Å². The number of hydrogen-bond acceptors (Lipinski definition) is 2. The summed E-state index contributed by atoms with van der Waals surface area (Å²) >= 11 is 0. The minimum atomic E-state index is -0.522. The van der Waals surface area contributed by atoms with E-state index in [1.165, 1.54) is 5.56 Å². The first-order valence-corrected chi connectivity index (χ1v) is 6.85. The maximum absolute atomic E-state index is 12.3. The lowest BCUT2D eigenvalue weighted by atomic mass is 9.92. The first kappa shape index (κ1) is 15.7. The molecule has 3 nitrogen and oxygen atoms in total. The molecule has 0 fully saturated rings. The lowest BCUT2D eigenvalue weighted by Crippen LogP contribution is -2.42. The molecule has 1 aromatic carbocycles. The van der Waals surface area contributed by atoms with Gasteiger partial charge < -0.3 is 10.6 Å². The van der Waals surface area contributed by atoms with Crippen LogP contribution in [-0.2, 0) is 11.2 Å². The van der Waals surface area contributed by atoms with Crippen molar-refractivity contribution in [2.24, 2.45) is 17.1 Å². The van der Waals surface area contributed by atoms with Gasteiger partial charge in [-0.05, 0) is 43.9 Å². The number of anilines is 1. The zero-order chi connectivity index (χ0) is 14.6. The van der Waals surface area contributed by atoms with Crippen LogP contribution in [0.3, 0.4) is 0 Å². The highest BCUT2D eigenvalue weighted by atomic mass is 16.2. The van der Waals surface area contributed by atoms with Crippen LogP contribution in [0.5, 0.6) is 0 Å². The second-order valence-electron chi connectivity index (χ2n) is 6.22. The number of carbonyl (C=O) groups is 1. The van der Waals surface area contributed by atoms with Crippen LogP contribution in [0.15, 0.2) is 24.3 Å². The van der Waals surface area contributed by atoms with Crippen molar-refractivity contribution in [1.29, 1.82) is 0 Å². The van der Waals surface area contributed by atoms with Crippen molar-refractivity contribution in [1.82, 2.24) is 0 Å². The Hall–Kier alpha value is -1.35. The fourth-order valence-electron chi connectivity index (χ4n) is 1.99. The second kappa shape index (κ2) is 6.20. The summed E-state index contributed by atoms with van der Waals surface area (Å²) in [5.41, 5.74) is 7.35. The van der Waals surface area contributed by atoms with Gasteiger partial charge in [-0.3, -0.25) is 4.79 Å². The summed E-state index contributed by atoms with van der Waals surface area (Å²) in [4.78, 5) is 14.0. The van der Waals surface area contributed by atoms with Gasteiger partial charge in [0.1, 0.15) is 0 Å². The predicted molar refractivity (Wildman–Crippen MR) is 81.2 cm³/mol. The smallest absolute Gasteiger partial charge is 0.233 e. The summed E-state index contributed by atoms with van der Waals surface area (Å²) < 4.78 is 0. The number of amides is 1. The summed E-state index contributed by atoms with van der Waals surface area (Å²) in [5.74, 6) is 0.688. The summed E-state index contributed by atoms with van der Waals surface area (Å²) in [6.07, 6.45) is 1.06. The fourth-order valence-corrected chi connectivity index (χ4v) is 1.99. The Morgan fingerprint density at radius 2 is 1.79 bits per heavy atom. The van der Waals surface area contributed by atoms with E-state index in [1.54, 1.807) is 11.9 Å². The molecule has 0 aliphatic rings. The van der Waals surface area contributed by atoms with E-state index >= 15 is 0 Å². The van der Waals surface area contributed by atoms with Crippen molar-refractivity contribution in [3.05, 3.63) is 29.8 Å². The molecule has 0 bridgehead atoms. The van der Waals surface area contributed by atoms with Crippen LogP contribution >= 0.6 is 0 Å². The van der Waals surface area contributed by atoms with Crippen molar-refractivity contribution < 1.29 is 4.79 Å². The second-order valence-corrected chi connectivity index (χ2v) is 6.22. The Labute approximate surface area is 116 Å². The molecular formula is C16H26N2O. The van der Waals surface area contributed by atoms with Crippen molar-refractivity contribution in [3.8, 4) is 0 Å². The third-order valence-electron chi connectivity index (χ3n) is 3.36. The van der Waals surface area contributed by atoms with Crippen LogP contribution in [0.1, 0.15) is 33.3 Å². The van der Waals surface area contributed by atoms with Crippen LogP contribution in [0.2, 0.25) is 0 Å². The Bertz CT molecular complexity index is 421. The van der Waals surface area contributed by atoms with Crippen molar-refractivity contribution in [2.45, 2.75) is 34.1 Å². The molecule has 0 radical (unpaired) electrons. The highest BCUT2D eigenvalue weighted by molar-refractivity contribution is 5.96. The molecule has 1 rings (SSSR count). The number of nitrogens with two attached hydrogens (primary N) is 1. The van der Waals surface area contributed by atoms with Crippen molar-refractivity contribution >= 4 is 11.6 Å². The van der Waals surface area contributed by atoms with Gasteiger partial charge in [-0.15, -0.1) is 0 Å². The third kappa shape index (κ3) is 4.06. The topological polar surface area (TPSA) is 46.3 Å². The molecule has 0 aliphatic heterocycles. The highest BCUT2D eigenvalue weighted by Gasteiger charge is 2.29. The van der Waals surface area contributed by atoms with Gasteiger partial charge in [0.2, 0.25) is 5.91 Å². The van der Waals surface area contributed by atoms with Gasteiger partial charge in [0.25, 0.3) is 0 Å². The summed E-state index contributed by atoms with van der Waals surface area (Å²) in [6, 6.07) is 8.19. The molecule has 0 atom stereocenters. The Morgan fingerprint density at radius 1 is 1.26 bits per heavy atom. The van der Waals surface area contributed by atoms with E-state index in [0.29, 0.717) is 12.5 Å². The molecular weight excluding hydrogens is 236 g/mol. The van der Waals surface area contributed by atoms with Gasteiger partial charge in [-0.25, -0.2) is 0 Å². The van der Waals surface area contributed by atoms with E-state index in [2.05, 4.69) is 26.0 Å². The van der Waals surface area contributed by atoms with Gasteiger partial charge in [-0.2, -0.15) is 0 Å². The van der Waals surface area contributed by atoms with E-state index in [-0.39, 0.29) is 5.91 Å². The van der Waals surface area contributed by atoms with Crippen LogP contribution in [0, 0.1) is 11.3 Å². The molecule has 0 heterocycles. The number of rotatable bonds is 5. The predicted octanol–water partition coefficient (Wildman–Crippen LogP) is 2.83. The van der Waals surface area contributed by atoms with Crippen LogP contribution in [0.4, 0.5) is 5.69 Å². The van der Waals surface area contributed by atoms with Gasteiger partial charge >= 0.3 is 0 Å². The lowest BCUT2D eigenvalue weighted by Gasteiger charge is -2.28. The first-order chi connectivity index (χ1) is 8.77. The minimum absolute atomic E-state index is 0.0478. The summed E-state index contributed by atoms with van der Waals surface area (Å²) in [5, 5.41) is 0. The maximum Gasteiger partial charge on any atom is 0.233 e. The number of carbonyl (C=O) groups excluding carboxylic acids is 1. The van der Waals surface area contributed by atoms with E-state index in [9.17, 15) is 4.79 Å². The van der Waals surface area contributed by atoms with Gasteiger partial charge in [0, 0.05) is 19.3 Å². The lowest BCUT2D eigenvalue weighted by molar-refractivity contribution is -0.125. The zero-order valence-electron chi connectivity index (χ0n) is 12.7. The van der Waals surface area contributed by atoms with E-state index in [0.717, 1.165) is 12.1 Å². The third-order valence-corrected chi connectivity index (χ3v) is 3.36. The van der Waals surface area contributed by atoms with E-state index < -0.39 is 5.41 Å². The molecule has 106 valence electrons. The molecule has 0 aliphatic carbocycles. The molecule has 0 aromatic heterocycles. The SMILES string of the molecule is CC(C)Cc1ccc(N(C)C(=O)C(C)(C)CN)cc1. The standard InChI is InChI=1S/C16H26N2O/c1-12(2)10-13-6-8-14(9-7-13)18(5)15(19)16(3,4)11-17/h6-9,12H,10-11,17H2,1-5H3. The van der Waals surface area contributed by atoms with Gasteiger partial charge in [0.15, 0.2) is 0 Å². The van der Waals surface area contributed by atoms with E-state index in [4.69, 9.17) is 5.73 Å². The quantitative estimate of drug-likeness (QED) is 0.887. The highest BCUT2D eigenvalue weighted by Crippen LogP contribution is 2.22. The minimum Gasteiger partial charge on any atom is -0.329 e. The fraction of sp³-hybridized carbons (Fsp3) is 0.562. The maximum atomic E-state index is 12.3. The monoisotopic (exact) mass is 262 g/mol. The molecule has 19 heavy (non-hydrogen) atoms. The van der Waals surface area contributed by atoms with Gasteiger partial charge in [-0.1, -0.05) is 26.0 Å².